The van der Waals surface area contributed by atoms with Crippen LogP contribution in [0.25, 0.3) is 0 Å². The van der Waals surface area contributed by atoms with Crippen molar-refractivity contribution >= 4 is 21.7 Å². The summed E-state index contributed by atoms with van der Waals surface area (Å²) in [6, 6.07) is 7.19. The van der Waals surface area contributed by atoms with E-state index in [-0.39, 0.29) is 16.8 Å². The second-order valence-electron chi connectivity index (χ2n) is 5.42. The van der Waals surface area contributed by atoms with Crippen molar-refractivity contribution in [3.63, 3.8) is 0 Å². The number of nitrogens with one attached hydrogen (secondary N) is 1. The van der Waals surface area contributed by atoms with Crippen molar-refractivity contribution in [1.29, 1.82) is 0 Å². The maximum atomic E-state index is 12.4. The first-order valence-electron chi connectivity index (χ1n) is 7.04. The van der Waals surface area contributed by atoms with Crippen molar-refractivity contribution in [2.75, 3.05) is 12.4 Å². The summed E-state index contributed by atoms with van der Waals surface area (Å²) in [5.74, 6) is 0.502. The number of hydrogen-bond acceptors (Lipinski definition) is 5. The zero-order valence-electron chi connectivity index (χ0n) is 13.4. The van der Waals surface area contributed by atoms with Crippen LogP contribution < -0.4 is 5.32 Å². The molecule has 1 N–H and O–H groups in total. The molecule has 2 rings (SSSR count). The number of carbonyl (C=O) groups excluding carboxylic acids is 1. The molecular formula is C15H19N3O4S. The molecule has 0 saturated carbocycles. The number of amides is 1. The van der Waals surface area contributed by atoms with Gasteiger partial charge in [-0.2, -0.15) is 4.31 Å². The minimum Gasteiger partial charge on any atom is -0.360 e. The van der Waals surface area contributed by atoms with Gasteiger partial charge in [-0.3, -0.25) is 4.79 Å². The maximum absolute atomic E-state index is 12.4. The third-order valence-corrected chi connectivity index (χ3v) is 5.44. The molecule has 0 spiro atoms. The molecule has 124 valence electrons. The molecule has 0 unspecified atom stereocenters. The molecule has 0 atom stereocenters. The summed E-state index contributed by atoms with van der Waals surface area (Å²) in [6.07, 6.45) is 0. The number of aryl methyl sites for hydroxylation is 1. The van der Waals surface area contributed by atoms with Crippen molar-refractivity contribution in [2.45, 2.75) is 31.7 Å². The Kier molecular flexibility index (Phi) is 4.86. The van der Waals surface area contributed by atoms with E-state index < -0.39 is 10.0 Å². The van der Waals surface area contributed by atoms with Crippen LogP contribution in [0.4, 0.5) is 5.82 Å². The SMILES string of the molecule is Cc1cc(NC(=O)c2ccc(S(=O)(=O)N(C)C(C)C)cc2)no1. The van der Waals surface area contributed by atoms with Crippen molar-refractivity contribution in [2.24, 2.45) is 0 Å². The lowest BCUT2D eigenvalue weighted by Gasteiger charge is -2.20. The number of rotatable bonds is 5. The van der Waals surface area contributed by atoms with E-state index in [0.29, 0.717) is 17.1 Å². The number of hydrogen-bond donors (Lipinski definition) is 1. The summed E-state index contributed by atoms with van der Waals surface area (Å²) in [7, 11) is -2.04. The molecule has 1 aromatic carbocycles. The largest absolute Gasteiger partial charge is 0.360 e. The van der Waals surface area contributed by atoms with Gasteiger partial charge in [-0.25, -0.2) is 8.42 Å². The predicted molar refractivity (Wildman–Crippen MR) is 85.7 cm³/mol. The van der Waals surface area contributed by atoms with Gasteiger partial charge in [0.15, 0.2) is 5.82 Å². The van der Waals surface area contributed by atoms with E-state index in [1.54, 1.807) is 26.8 Å². The Morgan fingerprint density at radius 1 is 1.26 bits per heavy atom. The van der Waals surface area contributed by atoms with Crippen LogP contribution in [0.5, 0.6) is 0 Å². The summed E-state index contributed by atoms with van der Waals surface area (Å²) in [6.45, 7) is 5.30. The zero-order valence-corrected chi connectivity index (χ0v) is 14.2. The molecule has 23 heavy (non-hydrogen) atoms. The van der Waals surface area contributed by atoms with Gasteiger partial charge in [-0.05, 0) is 45.0 Å². The smallest absolute Gasteiger partial charge is 0.256 e. The van der Waals surface area contributed by atoms with E-state index in [9.17, 15) is 13.2 Å². The van der Waals surface area contributed by atoms with Crippen LogP contribution in [0.3, 0.4) is 0 Å². The lowest BCUT2D eigenvalue weighted by atomic mass is 10.2. The minimum atomic E-state index is -3.56. The van der Waals surface area contributed by atoms with Crippen molar-refractivity contribution in [3.05, 3.63) is 41.7 Å². The molecule has 7 nitrogen and oxygen atoms in total. The normalized spacial score (nSPS) is 11.9. The molecule has 8 heteroatoms. The molecule has 0 aliphatic heterocycles. The van der Waals surface area contributed by atoms with Crippen molar-refractivity contribution < 1.29 is 17.7 Å². The standard InChI is InChI=1S/C15H19N3O4S/c1-10(2)18(4)23(20,21)13-7-5-12(6-8-13)15(19)16-14-9-11(3)22-17-14/h5-10H,1-4H3,(H,16,17,19). The van der Waals surface area contributed by atoms with Crippen LogP contribution in [0.2, 0.25) is 0 Å². The fraction of sp³-hybridized carbons (Fsp3) is 0.333. The van der Waals surface area contributed by atoms with Crippen LogP contribution in [0.1, 0.15) is 30.0 Å². The fourth-order valence-electron chi connectivity index (χ4n) is 1.84. The second kappa shape index (κ2) is 6.51. The summed E-state index contributed by atoms with van der Waals surface area (Å²) in [5, 5.41) is 6.25. The number of aromatic nitrogens is 1. The lowest BCUT2D eigenvalue weighted by molar-refractivity contribution is 0.102. The molecule has 0 saturated heterocycles. The van der Waals surface area contributed by atoms with Gasteiger partial charge in [0.2, 0.25) is 10.0 Å². The summed E-state index contributed by atoms with van der Waals surface area (Å²) < 4.78 is 30.8. The molecule has 0 bridgehead atoms. The zero-order chi connectivity index (χ0) is 17.2. The van der Waals surface area contributed by atoms with Crippen LogP contribution in [-0.4, -0.2) is 36.9 Å². The molecule has 0 radical (unpaired) electrons. The Morgan fingerprint density at radius 3 is 2.35 bits per heavy atom. The highest BCUT2D eigenvalue weighted by atomic mass is 32.2. The molecule has 1 aromatic heterocycles. The number of carbonyl (C=O) groups is 1. The van der Waals surface area contributed by atoms with Gasteiger partial charge in [-0.1, -0.05) is 5.16 Å². The molecule has 0 aliphatic carbocycles. The van der Waals surface area contributed by atoms with Gasteiger partial charge in [0, 0.05) is 24.7 Å². The first kappa shape index (κ1) is 17.2. The molecule has 1 heterocycles. The Hall–Kier alpha value is -2.19. The van der Waals surface area contributed by atoms with Crippen LogP contribution in [-0.2, 0) is 10.0 Å². The van der Waals surface area contributed by atoms with Crippen LogP contribution >= 0.6 is 0 Å². The van der Waals surface area contributed by atoms with Gasteiger partial charge in [0.25, 0.3) is 5.91 Å². The monoisotopic (exact) mass is 337 g/mol. The Labute approximate surface area is 135 Å². The van der Waals surface area contributed by atoms with Gasteiger partial charge in [0.05, 0.1) is 4.90 Å². The average molecular weight is 337 g/mol. The van der Waals surface area contributed by atoms with Gasteiger partial charge < -0.3 is 9.84 Å². The predicted octanol–water partition coefficient (Wildman–Crippen LogP) is 2.26. The highest BCUT2D eigenvalue weighted by Gasteiger charge is 2.23. The third-order valence-electron chi connectivity index (χ3n) is 3.39. The molecule has 0 aliphatic rings. The maximum Gasteiger partial charge on any atom is 0.256 e. The van der Waals surface area contributed by atoms with E-state index >= 15 is 0 Å². The topological polar surface area (TPSA) is 92.5 Å². The average Bonchev–Trinajstić information content (AvgIpc) is 2.91. The van der Waals surface area contributed by atoms with Gasteiger partial charge in [-0.15, -0.1) is 0 Å². The molecule has 2 aromatic rings. The van der Waals surface area contributed by atoms with E-state index in [1.807, 2.05) is 0 Å². The van der Waals surface area contributed by atoms with Crippen molar-refractivity contribution in [1.82, 2.24) is 9.46 Å². The van der Waals surface area contributed by atoms with E-state index in [0.717, 1.165) is 0 Å². The van der Waals surface area contributed by atoms with Crippen LogP contribution in [0.15, 0.2) is 39.8 Å². The highest BCUT2D eigenvalue weighted by Crippen LogP contribution is 2.18. The van der Waals surface area contributed by atoms with Gasteiger partial charge in [0.1, 0.15) is 5.76 Å². The lowest BCUT2D eigenvalue weighted by Crippen LogP contribution is -2.33. The van der Waals surface area contributed by atoms with Crippen molar-refractivity contribution in [3.8, 4) is 0 Å². The molecule has 0 fully saturated rings. The first-order chi connectivity index (χ1) is 10.7. The van der Waals surface area contributed by atoms with Crippen LogP contribution in [0, 0.1) is 6.92 Å². The minimum absolute atomic E-state index is 0.141. The van der Waals surface area contributed by atoms with E-state index in [2.05, 4.69) is 10.5 Å². The first-order valence-corrected chi connectivity index (χ1v) is 8.48. The Balaban J connectivity index is 2.17. The molecular weight excluding hydrogens is 318 g/mol. The third kappa shape index (κ3) is 3.77. The number of anilines is 1. The number of benzene rings is 1. The summed E-state index contributed by atoms with van der Waals surface area (Å²) in [5.41, 5.74) is 0.330. The number of nitrogens with zero attached hydrogens (tertiary/aromatic N) is 2. The highest BCUT2D eigenvalue weighted by molar-refractivity contribution is 7.89. The second-order valence-corrected chi connectivity index (χ2v) is 7.41. The van der Waals surface area contributed by atoms with Gasteiger partial charge >= 0.3 is 0 Å². The Bertz CT molecular complexity index is 794. The Morgan fingerprint density at radius 2 is 1.87 bits per heavy atom. The quantitative estimate of drug-likeness (QED) is 0.903. The fourth-order valence-corrected chi connectivity index (χ4v) is 3.20. The van der Waals surface area contributed by atoms with E-state index in [1.165, 1.54) is 35.6 Å². The van der Waals surface area contributed by atoms with E-state index in [4.69, 9.17) is 4.52 Å². The molecule has 1 amide bonds. The summed E-state index contributed by atoms with van der Waals surface area (Å²) >= 11 is 0. The number of sulfonamides is 1. The summed E-state index contributed by atoms with van der Waals surface area (Å²) in [4.78, 5) is 12.2.